The largest absolute Gasteiger partial charge is 0.342 e. The summed E-state index contributed by atoms with van der Waals surface area (Å²) in [5.41, 5.74) is 4.91. The minimum absolute atomic E-state index is 0.00140. The predicted octanol–water partition coefficient (Wildman–Crippen LogP) is 2.20. The molecular weight excluding hydrogens is 452 g/mol. The van der Waals surface area contributed by atoms with Crippen LogP contribution in [0.25, 0.3) is 0 Å². The topological polar surface area (TPSA) is 125 Å². The fourth-order valence-corrected chi connectivity index (χ4v) is 5.50. The third-order valence-corrected chi connectivity index (χ3v) is 7.84. The van der Waals surface area contributed by atoms with Gasteiger partial charge in [-0.1, -0.05) is 32.0 Å². The molecule has 9 nitrogen and oxygen atoms in total. The summed E-state index contributed by atoms with van der Waals surface area (Å²) < 4.78 is 27.6. The van der Waals surface area contributed by atoms with Gasteiger partial charge in [-0.05, 0) is 36.4 Å². The van der Waals surface area contributed by atoms with Gasteiger partial charge in [-0.3, -0.25) is 30.0 Å². The lowest BCUT2D eigenvalue weighted by Crippen LogP contribution is -2.50. The monoisotopic (exact) mass is 478 g/mol. The van der Waals surface area contributed by atoms with E-state index >= 15 is 0 Å². The Morgan fingerprint density at radius 1 is 1.09 bits per heavy atom. The van der Waals surface area contributed by atoms with Crippen LogP contribution in [0.15, 0.2) is 46.0 Å². The van der Waals surface area contributed by atoms with Gasteiger partial charge in [0.2, 0.25) is 11.8 Å². The molecule has 2 heterocycles. The molecule has 32 heavy (non-hydrogen) atoms. The van der Waals surface area contributed by atoms with E-state index in [9.17, 15) is 22.8 Å². The Hall–Kier alpha value is -2.92. The highest BCUT2D eigenvalue weighted by atomic mass is 32.2. The highest BCUT2D eigenvalue weighted by Gasteiger charge is 2.29. The first-order valence-corrected chi connectivity index (χ1v) is 12.6. The summed E-state index contributed by atoms with van der Waals surface area (Å²) in [4.78, 5) is 39.1. The summed E-state index contributed by atoms with van der Waals surface area (Å²) in [6, 6.07) is 9.21. The number of piperidine rings is 1. The van der Waals surface area contributed by atoms with Crippen molar-refractivity contribution in [2.24, 2.45) is 11.8 Å². The van der Waals surface area contributed by atoms with Crippen molar-refractivity contribution in [1.82, 2.24) is 15.8 Å². The molecule has 1 saturated heterocycles. The molecule has 0 radical (unpaired) electrons. The van der Waals surface area contributed by atoms with E-state index < -0.39 is 27.8 Å². The Morgan fingerprint density at radius 3 is 2.53 bits per heavy atom. The van der Waals surface area contributed by atoms with Gasteiger partial charge in [0.25, 0.3) is 15.9 Å². The number of thiophene rings is 1. The van der Waals surface area contributed by atoms with Crippen LogP contribution in [0.4, 0.5) is 5.69 Å². The maximum atomic E-state index is 12.7. The average molecular weight is 479 g/mol. The standard InChI is InChI=1S/C21H26N4O5S2/c1-14(2)21(28)25-11-5-7-15(13-25)19(26)22-23-20(27)16-8-3-4-9-17(16)24-32(29,30)18-10-6-12-31-18/h3-4,6,8-10,12,14-15,24H,5,7,11,13H2,1-2H3,(H,22,26)(H,23,27). The number of carbonyl (C=O) groups excluding carboxylic acids is 3. The van der Waals surface area contributed by atoms with Crippen LogP contribution in [0, 0.1) is 11.8 Å². The van der Waals surface area contributed by atoms with E-state index in [2.05, 4.69) is 15.6 Å². The zero-order valence-corrected chi connectivity index (χ0v) is 19.5. The minimum atomic E-state index is -3.83. The molecule has 3 N–H and O–H groups in total. The van der Waals surface area contributed by atoms with Gasteiger partial charge in [-0.25, -0.2) is 8.42 Å². The van der Waals surface area contributed by atoms with Crippen LogP contribution in [0.5, 0.6) is 0 Å². The van der Waals surface area contributed by atoms with Crippen molar-refractivity contribution in [3.05, 3.63) is 47.3 Å². The van der Waals surface area contributed by atoms with E-state index in [-0.39, 0.29) is 27.3 Å². The van der Waals surface area contributed by atoms with Gasteiger partial charge in [-0.2, -0.15) is 0 Å². The van der Waals surface area contributed by atoms with E-state index in [0.717, 1.165) is 11.3 Å². The van der Waals surface area contributed by atoms with Gasteiger partial charge in [0.15, 0.2) is 0 Å². The Balaban J connectivity index is 1.63. The summed E-state index contributed by atoms with van der Waals surface area (Å²) >= 11 is 1.06. The second kappa shape index (κ2) is 10.1. The smallest absolute Gasteiger partial charge is 0.271 e. The van der Waals surface area contributed by atoms with Gasteiger partial charge in [0, 0.05) is 19.0 Å². The number of anilines is 1. The van der Waals surface area contributed by atoms with Crippen molar-refractivity contribution in [1.29, 1.82) is 0 Å². The molecule has 1 atom stereocenters. The van der Waals surface area contributed by atoms with Gasteiger partial charge in [0.05, 0.1) is 17.2 Å². The van der Waals surface area contributed by atoms with Crippen LogP contribution < -0.4 is 15.6 Å². The zero-order valence-electron chi connectivity index (χ0n) is 17.8. The number of nitrogens with zero attached hydrogens (tertiary/aromatic N) is 1. The molecule has 2 aromatic rings. The maximum Gasteiger partial charge on any atom is 0.271 e. The Kier molecular flexibility index (Phi) is 7.52. The van der Waals surface area contributed by atoms with Crippen molar-refractivity contribution < 1.29 is 22.8 Å². The molecule has 0 saturated carbocycles. The molecule has 11 heteroatoms. The molecule has 172 valence electrons. The van der Waals surface area contributed by atoms with Crippen LogP contribution in [-0.4, -0.2) is 44.1 Å². The van der Waals surface area contributed by atoms with Gasteiger partial charge < -0.3 is 4.90 Å². The van der Waals surface area contributed by atoms with Crippen LogP contribution in [0.2, 0.25) is 0 Å². The van der Waals surface area contributed by atoms with Gasteiger partial charge in [-0.15, -0.1) is 11.3 Å². The lowest BCUT2D eigenvalue weighted by Gasteiger charge is -2.33. The van der Waals surface area contributed by atoms with Crippen LogP contribution in [0.3, 0.4) is 0 Å². The molecule has 0 aliphatic carbocycles. The minimum Gasteiger partial charge on any atom is -0.342 e. The van der Waals surface area contributed by atoms with E-state index in [1.165, 1.54) is 18.2 Å². The SMILES string of the molecule is CC(C)C(=O)N1CCCC(C(=O)NNC(=O)c2ccccc2NS(=O)(=O)c2cccs2)C1. The number of amides is 3. The molecule has 3 amide bonds. The molecule has 1 aliphatic heterocycles. The lowest BCUT2D eigenvalue weighted by atomic mass is 9.96. The number of hydrogen-bond donors (Lipinski definition) is 3. The number of benzene rings is 1. The normalized spacial score (nSPS) is 16.5. The number of carbonyl (C=O) groups is 3. The number of nitrogens with one attached hydrogen (secondary N) is 3. The maximum absolute atomic E-state index is 12.7. The Morgan fingerprint density at radius 2 is 1.84 bits per heavy atom. The van der Waals surface area contributed by atoms with Crippen LogP contribution >= 0.6 is 11.3 Å². The van der Waals surface area contributed by atoms with E-state index in [0.29, 0.717) is 25.9 Å². The Labute approximate surface area is 191 Å². The van der Waals surface area contributed by atoms with E-state index in [4.69, 9.17) is 0 Å². The first-order chi connectivity index (χ1) is 15.2. The predicted molar refractivity (Wildman–Crippen MR) is 121 cm³/mol. The highest BCUT2D eigenvalue weighted by molar-refractivity contribution is 7.94. The van der Waals surface area contributed by atoms with E-state index in [1.54, 1.807) is 28.5 Å². The van der Waals surface area contributed by atoms with Crippen molar-refractivity contribution >= 4 is 44.8 Å². The van der Waals surface area contributed by atoms with Crippen molar-refractivity contribution in [2.75, 3.05) is 17.8 Å². The zero-order chi connectivity index (χ0) is 23.3. The van der Waals surface area contributed by atoms with Crippen molar-refractivity contribution in [3.8, 4) is 0 Å². The van der Waals surface area contributed by atoms with Crippen LogP contribution in [0.1, 0.15) is 37.0 Å². The van der Waals surface area contributed by atoms with Crippen molar-refractivity contribution in [2.45, 2.75) is 30.9 Å². The van der Waals surface area contributed by atoms with Gasteiger partial charge >= 0.3 is 0 Å². The first-order valence-electron chi connectivity index (χ1n) is 10.2. The molecule has 1 fully saturated rings. The molecule has 1 aliphatic rings. The number of likely N-dealkylation sites (tertiary alicyclic amines) is 1. The molecule has 0 bridgehead atoms. The van der Waals surface area contributed by atoms with Crippen LogP contribution in [-0.2, 0) is 19.6 Å². The summed E-state index contributed by atoms with van der Waals surface area (Å²) in [6.45, 7) is 4.55. The van der Waals surface area contributed by atoms with Crippen molar-refractivity contribution in [3.63, 3.8) is 0 Å². The number of rotatable bonds is 6. The average Bonchev–Trinajstić information content (AvgIpc) is 3.33. The first kappa shape index (κ1) is 23.7. The summed E-state index contributed by atoms with van der Waals surface area (Å²) in [7, 11) is -3.83. The molecule has 3 rings (SSSR count). The van der Waals surface area contributed by atoms with Gasteiger partial charge in [0.1, 0.15) is 4.21 Å². The van der Waals surface area contributed by atoms with E-state index in [1.807, 2.05) is 13.8 Å². The number of hydrogen-bond acceptors (Lipinski definition) is 6. The fraction of sp³-hybridized carbons (Fsp3) is 0.381. The second-order valence-electron chi connectivity index (χ2n) is 7.80. The fourth-order valence-electron chi connectivity index (χ4n) is 3.43. The molecule has 1 aromatic carbocycles. The summed E-state index contributed by atoms with van der Waals surface area (Å²) in [5, 5.41) is 1.64. The molecular formula is C21H26N4O5S2. The molecule has 1 unspecified atom stereocenters. The number of hydrazine groups is 1. The second-order valence-corrected chi connectivity index (χ2v) is 10.7. The highest BCUT2D eigenvalue weighted by Crippen LogP contribution is 2.23. The summed E-state index contributed by atoms with van der Waals surface area (Å²) in [5.74, 6) is -1.63. The third kappa shape index (κ3) is 5.65. The summed E-state index contributed by atoms with van der Waals surface area (Å²) in [6.07, 6.45) is 1.32. The quantitative estimate of drug-likeness (QED) is 0.549. The Bertz CT molecular complexity index is 1080. The number of para-hydroxylation sites is 1. The number of sulfonamides is 1. The molecule has 0 spiro atoms. The lowest BCUT2D eigenvalue weighted by molar-refractivity contribution is -0.138. The molecule has 1 aromatic heterocycles. The third-order valence-electron chi connectivity index (χ3n) is 5.07.